The highest BCUT2D eigenvalue weighted by Crippen LogP contribution is 2.33. The highest BCUT2D eigenvalue weighted by molar-refractivity contribution is 7.89. The smallest absolute Gasteiger partial charge is 0.243 e. The van der Waals surface area contributed by atoms with Gasteiger partial charge in [0.25, 0.3) is 0 Å². The molecule has 0 radical (unpaired) electrons. The normalized spacial score (nSPS) is 16.4. The first-order chi connectivity index (χ1) is 16.0. The van der Waals surface area contributed by atoms with Crippen molar-refractivity contribution in [2.24, 2.45) is 0 Å². The van der Waals surface area contributed by atoms with E-state index in [1.54, 1.807) is 30.3 Å². The molecule has 4 rings (SSSR count). The Morgan fingerprint density at radius 2 is 1.73 bits per heavy atom. The lowest BCUT2D eigenvalue weighted by atomic mass is 9.95. The second kappa shape index (κ2) is 10.4. The van der Waals surface area contributed by atoms with Crippen LogP contribution in [-0.4, -0.2) is 51.0 Å². The number of ether oxygens (including phenoxy) is 3. The number of hydrogen-bond donors (Lipinski definition) is 1. The zero-order chi connectivity index (χ0) is 23.3. The molecule has 1 N–H and O–H groups in total. The van der Waals surface area contributed by atoms with E-state index in [0.717, 1.165) is 32.1 Å². The third-order valence-corrected chi connectivity index (χ3v) is 7.76. The van der Waals surface area contributed by atoms with Gasteiger partial charge in [0, 0.05) is 17.8 Å². The summed E-state index contributed by atoms with van der Waals surface area (Å²) in [6.45, 7) is 3.05. The van der Waals surface area contributed by atoms with Crippen LogP contribution < -0.4 is 19.5 Å². The summed E-state index contributed by atoms with van der Waals surface area (Å²) in [6, 6.07) is 11.3. The third-order valence-electron chi connectivity index (χ3n) is 5.85. The van der Waals surface area contributed by atoms with Crippen LogP contribution in [0.4, 0.5) is 5.69 Å². The van der Waals surface area contributed by atoms with E-state index in [1.807, 2.05) is 6.92 Å². The minimum Gasteiger partial charge on any atom is -0.494 e. The molecular weight excluding hydrogens is 444 g/mol. The van der Waals surface area contributed by atoms with E-state index in [9.17, 15) is 13.2 Å². The molecule has 1 aliphatic heterocycles. The first kappa shape index (κ1) is 23.4. The molecule has 178 valence electrons. The quantitative estimate of drug-likeness (QED) is 0.625. The fourth-order valence-corrected chi connectivity index (χ4v) is 5.89. The Balaban J connectivity index is 1.53. The van der Waals surface area contributed by atoms with Crippen molar-refractivity contribution in [3.8, 4) is 17.2 Å². The van der Waals surface area contributed by atoms with Crippen LogP contribution in [0.15, 0.2) is 47.4 Å². The molecule has 8 nitrogen and oxygen atoms in total. The number of sulfonamides is 1. The zero-order valence-corrected chi connectivity index (χ0v) is 19.6. The third kappa shape index (κ3) is 5.59. The van der Waals surface area contributed by atoms with Crippen LogP contribution >= 0.6 is 0 Å². The van der Waals surface area contributed by atoms with Gasteiger partial charge in [0.2, 0.25) is 15.9 Å². The first-order valence-corrected chi connectivity index (χ1v) is 12.9. The number of carbonyl (C=O) groups is 1. The molecule has 1 fully saturated rings. The van der Waals surface area contributed by atoms with E-state index in [0.29, 0.717) is 42.8 Å². The Hall–Kier alpha value is -2.78. The van der Waals surface area contributed by atoms with Crippen LogP contribution in [0, 0.1) is 0 Å². The molecule has 2 aromatic carbocycles. The summed E-state index contributed by atoms with van der Waals surface area (Å²) < 4.78 is 45.0. The first-order valence-electron chi connectivity index (χ1n) is 11.4. The van der Waals surface area contributed by atoms with E-state index in [2.05, 4.69) is 5.32 Å². The number of anilines is 1. The maximum atomic E-state index is 13.5. The van der Waals surface area contributed by atoms with Crippen LogP contribution in [0.3, 0.4) is 0 Å². The summed E-state index contributed by atoms with van der Waals surface area (Å²) in [4.78, 5) is 13.1. The maximum Gasteiger partial charge on any atom is 0.243 e. The molecule has 1 saturated carbocycles. The number of nitrogens with zero attached hydrogens (tertiary/aromatic N) is 1. The predicted octanol–water partition coefficient (Wildman–Crippen LogP) is 3.82. The van der Waals surface area contributed by atoms with Crippen molar-refractivity contribution in [3.63, 3.8) is 0 Å². The molecule has 1 heterocycles. The SMILES string of the molecule is CCOc1ccc(S(=O)(=O)N(CC(=O)Nc2ccc3c(c2)OCCO3)C2CCCCC2)cc1. The van der Waals surface area contributed by atoms with Gasteiger partial charge >= 0.3 is 0 Å². The molecule has 0 saturated heterocycles. The van der Waals surface area contributed by atoms with Crippen molar-refractivity contribution in [2.45, 2.75) is 50.0 Å². The van der Waals surface area contributed by atoms with Crippen LogP contribution in [-0.2, 0) is 14.8 Å². The number of hydrogen-bond acceptors (Lipinski definition) is 6. The Labute approximate surface area is 194 Å². The van der Waals surface area contributed by atoms with Gasteiger partial charge < -0.3 is 19.5 Å². The van der Waals surface area contributed by atoms with E-state index in [-0.39, 0.29) is 17.5 Å². The molecule has 0 unspecified atom stereocenters. The fourth-order valence-electron chi connectivity index (χ4n) is 4.25. The summed E-state index contributed by atoms with van der Waals surface area (Å²) >= 11 is 0. The maximum absolute atomic E-state index is 13.5. The van der Waals surface area contributed by atoms with E-state index < -0.39 is 15.9 Å². The minimum atomic E-state index is -3.86. The molecule has 2 aliphatic rings. The Morgan fingerprint density at radius 1 is 1.03 bits per heavy atom. The van der Waals surface area contributed by atoms with Gasteiger partial charge in [0.15, 0.2) is 11.5 Å². The molecule has 9 heteroatoms. The van der Waals surface area contributed by atoms with E-state index in [4.69, 9.17) is 14.2 Å². The van der Waals surface area contributed by atoms with Gasteiger partial charge in [-0.25, -0.2) is 8.42 Å². The number of carbonyl (C=O) groups excluding carboxylic acids is 1. The standard InChI is InChI=1S/C24H30N2O6S/c1-2-30-20-9-11-21(12-10-20)33(28,29)26(19-6-4-3-5-7-19)17-24(27)25-18-8-13-22-23(16-18)32-15-14-31-22/h8-13,16,19H,2-7,14-15,17H2,1H3,(H,25,27). The molecule has 0 spiro atoms. The van der Waals surface area contributed by atoms with Crippen molar-refractivity contribution in [2.75, 3.05) is 31.7 Å². The second-order valence-corrected chi connectivity index (χ2v) is 10.0. The number of benzene rings is 2. The molecule has 33 heavy (non-hydrogen) atoms. The van der Waals surface area contributed by atoms with Crippen molar-refractivity contribution in [1.29, 1.82) is 0 Å². The minimum absolute atomic E-state index is 0.156. The lowest BCUT2D eigenvalue weighted by molar-refractivity contribution is -0.116. The molecule has 1 aliphatic carbocycles. The molecule has 0 bridgehead atoms. The number of rotatable bonds is 8. The average Bonchev–Trinajstić information content (AvgIpc) is 2.83. The number of amides is 1. The van der Waals surface area contributed by atoms with Crippen LogP contribution in [0.2, 0.25) is 0 Å². The van der Waals surface area contributed by atoms with Crippen LogP contribution in [0.5, 0.6) is 17.2 Å². The Morgan fingerprint density at radius 3 is 2.42 bits per heavy atom. The van der Waals surface area contributed by atoms with Gasteiger partial charge in [-0.2, -0.15) is 4.31 Å². The van der Waals surface area contributed by atoms with Crippen molar-refractivity contribution in [3.05, 3.63) is 42.5 Å². The Bertz CT molecular complexity index is 1060. The van der Waals surface area contributed by atoms with Crippen molar-refractivity contribution in [1.82, 2.24) is 4.31 Å². The summed E-state index contributed by atoms with van der Waals surface area (Å²) in [6.07, 6.45) is 4.46. The monoisotopic (exact) mass is 474 g/mol. The predicted molar refractivity (Wildman–Crippen MR) is 124 cm³/mol. The van der Waals surface area contributed by atoms with E-state index >= 15 is 0 Å². The van der Waals surface area contributed by atoms with Crippen molar-refractivity contribution >= 4 is 21.6 Å². The summed E-state index contributed by atoms with van der Waals surface area (Å²) in [5, 5.41) is 2.81. The highest BCUT2D eigenvalue weighted by Gasteiger charge is 2.34. The van der Waals surface area contributed by atoms with Gasteiger partial charge in [-0.3, -0.25) is 4.79 Å². The lowest BCUT2D eigenvalue weighted by Gasteiger charge is -2.33. The van der Waals surface area contributed by atoms with Gasteiger partial charge in [-0.1, -0.05) is 19.3 Å². The second-order valence-electron chi connectivity index (χ2n) is 8.15. The molecular formula is C24H30N2O6S. The lowest BCUT2D eigenvalue weighted by Crippen LogP contribution is -2.45. The largest absolute Gasteiger partial charge is 0.494 e. The van der Waals surface area contributed by atoms with Gasteiger partial charge in [-0.15, -0.1) is 0 Å². The molecule has 1 amide bonds. The molecule has 0 atom stereocenters. The number of fused-ring (bicyclic) bond motifs is 1. The average molecular weight is 475 g/mol. The summed E-state index contributed by atoms with van der Waals surface area (Å²) in [7, 11) is -3.86. The Kier molecular flexibility index (Phi) is 7.39. The topological polar surface area (TPSA) is 94.2 Å². The van der Waals surface area contributed by atoms with Crippen molar-refractivity contribution < 1.29 is 27.4 Å². The highest BCUT2D eigenvalue weighted by atomic mass is 32.2. The molecule has 0 aromatic heterocycles. The number of nitrogens with one attached hydrogen (secondary N) is 1. The summed E-state index contributed by atoms with van der Waals surface area (Å²) in [5.74, 6) is 1.40. The summed E-state index contributed by atoms with van der Waals surface area (Å²) in [5.41, 5.74) is 0.534. The van der Waals surface area contributed by atoms with Gasteiger partial charge in [-0.05, 0) is 56.2 Å². The van der Waals surface area contributed by atoms with Crippen LogP contribution in [0.1, 0.15) is 39.0 Å². The van der Waals surface area contributed by atoms with Gasteiger partial charge in [0.05, 0.1) is 18.0 Å². The molecule has 2 aromatic rings. The van der Waals surface area contributed by atoms with E-state index in [1.165, 1.54) is 16.4 Å². The van der Waals surface area contributed by atoms with Gasteiger partial charge in [0.1, 0.15) is 19.0 Å². The fraction of sp³-hybridized carbons (Fsp3) is 0.458. The zero-order valence-electron chi connectivity index (χ0n) is 18.8. The van der Waals surface area contributed by atoms with Crippen LogP contribution in [0.25, 0.3) is 0 Å².